The summed E-state index contributed by atoms with van der Waals surface area (Å²) in [5, 5.41) is 13.3. The molecular weight excluding hydrogens is 180 g/mol. The largest absolute Gasteiger partial charge is 0.411 e. The Morgan fingerprint density at radius 3 is 2.71 bits per heavy atom. The van der Waals surface area contributed by atoms with Crippen molar-refractivity contribution in [3.63, 3.8) is 0 Å². The molecule has 0 bridgehead atoms. The van der Waals surface area contributed by atoms with Crippen molar-refractivity contribution >= 4 is 17.8 Å². The smallest absolute Gasteiger partial charge is 0.270 e. The van der Waals surface area contributed by atoms with E-state index in [4.69, 9.17) is 5.21 Å². The second-order valence-corrected chi connectivity index (χ2v) is 3.03. The molecule has 0 fully saturated rings. The van der Waals surface area contributed by atoms with Crippen LogP contribution in [-0.2, 0) is 4.79 Å². The number of hydrogen-bond donors (Lipinski definition) is 2. The van der Waals surface area contributed by atoms with Gasteiger partial charge in [-0.3, -0.25) is 4.79 Å². The minimum absolute atomic E-state index is 0.448. The molecule has 0 aliphatic heterocycles. The van der Waals surface area contributed by atoms with Gasteiger partial charge in [0, 0.05) is 5.69 Å². The van der Waals surface area contributed by atoms with Crippen LogP contribution < -0.4 is 5.32 Å². The maximum atomic E-state index is 11.0. The van der Waals surface area contributed by atoms with Crippen LogP contribution in [-0.4, -0.2) is 17.3 Å². The fraction of sp³-hybridized carbons (Fsp3) is 0.200. The van der Waals surface area contributed by atoms with Gasteiger partial charge >= 0.3 is 0 Å². The Kier molecular flexibility index (Phi) is 3.23. The highest BCUT2D eigenvalue weighted by Gasteiger charge is 1.99. The third kappa shape index (κ3) is 2.58. The lowest BCUT2D eigenvalue weighted by atomic mass is 10.1. The SMILES string of the molecule is Cc1ccc(NC(=O)/C=N\O)cc1C. The first-order valence-electron chi connectivity index (χ1n) is 4.19. The van der Waals surface area contributed by atoms with E-state index in [2.05, 4.69) is 10.5 Å². The van der Waals surface area contributed by atoms with Crippen LogP contribution in [0.5, 0.6) is 0 Å². The van der Waals surface area contributed by atoms with Crippen molar-refractivity contribution in [2.45, 2.75) is 13.8 Å². The molecule has 1 aromatic rings. The number of amides is 1. The third-order valence-electron chi connectivity index (χ3n) is 1.95. The van der Waals surface area contributed by atoms with Gasteiger partial charge < -0.3 is 10.5 Å². The predicted octanol–water partition coefficient (Wildman–Crippen LogP) is 1.70. The maximum Gasteiger partial charge on any atom is 0.270 e. The standard InChI is InChI=1S/C10H12N2O2/c1-7-3-4-9(5-8(7)2)12-10(13)6-11-14/h3-6,14H,1-2H3,(H,12,13)/b11-6-. The Balaban J connectivity index is 2.78. The van der Waals surface area contributed by atoms with Gasteiger partial charge in [0.2, 0.25) is 0 Å². The summed E-state index contributed by atoms with van der Waals surface area (Å²) in [7, 11) is 0. The molecule has 0 aromatic heterocycles. The number of carbonyl (C=O) groups is 1. The summed E-state index contributed by atoms with van der Waals surface area (Å²) >= 11 is 0. The van der Waals surface area contributed by atoms with E-state index in [1.807, 2.05) is 26.0 Å². The van der Waals surface area contributed by atoms with Gasteiger partial charge in [0.1, 0.15) is 6.21 Å². The molecule has 0 radical (unpaired) electrons. The van der Waals surface area contributed by atoms with E-state index >= 15 is 0 Å². The molecule has 0 spiro atoms. The van der Waals surface area contributed by atoms with Crippen molar-refractivity contribution in [3.8, 4) is 0 Å². The summed E-state index contributed by atoms with van der Waals surface area (Å²) in [5.41, 5.74) is 2.96. The minimum Gasteiger partial charge on any atom is -0.411 e. The van der Waals surface area contributed by atoms with E-state index in [9.17, 15) is 4.79 Å². The summed E-state index contributed by atoms with van der Waals surface area (Å²) in [6, 6.07) is 5.57. The van der Waals surface area contributed by atoms with E-state index in [1.54, 1.807) is 6.07 Å². The molecule has 0 saturated heterocycles. The number of rotatable bonds is 2. The number of carbonyl (C=O) groups excluding carboxylic acids is 1. The van der Waals surface area contributed by atoms with E-state index in [0.29, 0.717) is 5.69 Å². The van der Waals surface area contributed by atoms with Crippen LogP contribution >= 0.6 is 0 Å². The fourth-order valence-corrected chi connectivity index (χ4v) is 1.05. The number of aryl methyl sites for hydroxylation is 2. The summed E-state index contributed by atoms with van der Waals surface area (Å²) in [6.45, 7) is 3.96. The zero-order chi connectivity index (χ0) is 10.6. The van der Waals surface area contributed by atoms with Crippen molar-refractivity contribution in [1.82, 2.24) is 0 Å². The van der Waals surface area contributed by atoms with Crippen molar-refractivity contribution in [2.24, 2.45) is 5.16 Å². The van der Waals surface area contributed by atoms with Crippen LogP contribution in [0, 0.1) is 13.8 Å². The second-order valence-electron chi connectivity index (χ2n) is 3.03. The summed E-state index contributed by atoms with van der Waals surface area (Å²) < 4.78 is 0. The Morgan fingerprint density at radius 1 is 1.43 bits per heavy atom. The van der Waals surface area contributed by atoms with Crippen LogP contribution in [0.3, 0.4) is 0 Å². The predicted molar refractivity (Wildman–Crippen MR) is 54.8 cm³/mol. The molecule has 14 heavy (non-hydrogen) atoms. The van der Waals surface area contributed by atoms with Crippen molar-refractivity contribution in [2.75, 3.05) is 5.32 Å². The quantitative estimate of drug-likeness (QED) is 0.425. The Bertz CT molecular complexity index is 372. The molecule has 0 heterocycles. The van der Waals surface area contributed by atoms with E-state index in [1.165, 1.54) is 5.56 Å². The summed E-state index contributed by atoms with van der Waals surface area (Å²) in [4.78, 5) is 11.0. The number of nitrogens with one attached hydrogen (secondary N) is 1. The monoisotopic (exact) mass is 192 g/mol. The number of oxime groups is 1. The Labute approximate surface area is 82.2 Å². The minimum atomic E-state index is -0.448. The highest BCUT2D eigenvalue weighted by molar-refractivity contribution is 6.31. The molecule has 4 nitrogen and oxygen atoms in total. The second kappa shape index (κ2) is 4.41. The molecule has 4 heteroatoms. The lowest BCUT2D eigenvalue weighted by Gasteiger charge is -2.04. The van der Waals surface area contributed by atoms with Gasteiger partial charge in [-0.25, -0.2) is 0 Å². The van der Waals surface area contributed by atoms with Crippen LogP contribution in [0.2, 0.25) is 0 Å². The van der Waals surface area contributed by atoms with Crippen LogP contribution in [0.15, 0.2) is 23.4 Å². The molecule has 1 aromatic carbocycles. The number of nitrogens with zero attached hydrogens (tertiary/aromatic N) is 1. The van der Waals surface area contributed by atoms with Gasteiger partial charge in [0.15, 0.2) is 0 Å². The van der Waals surface area contributed by atoms with Gasteiger partial charge in [-0.1, -0.05) is 11.2 Å². The molecule has 1 rings (SSSR count). The van der Waals surface area contributed by atoms with Crippen LogP contribution in [0.1, 0.15) is 11.1 Å². The maximum absolute atomic E-state index is 11.0. The van der Waals surface area contributed by atoms with Crippen molar-refractivity contribution < 1.29 is 10.0 Å². The molecule has 0 aliphatic rings. The zero-order valence-corrected chi connectivity index (χ0v) is 8.11. The van der Waals surface area contributed by atoms with Gasteiger partial charge in [-0.2, -0.15) is 0 Å². The average molecular weight is 192 g/mol. The van der Waals surface area contributed by atoms with E-state index < -0.39 is 5.91 Å². The highest BCUT2D eigenvalue weighted by atomic mass is 16.4. The topological polar surface area (TPSA) is 61.7 Å². The van der Waals surface area contributed by atoms with E-state index in [0.717, 1.165) is 11.8 Å². The number of anilines is 1. The van der Waals surface area contributed by atoms with Crippen molar-refractivity contribution in [1.29, 1.82) is 0 Å². The van der Waals surface area contributed by atoms with Gasteiger partial charge in [0.05, 0.1) is 0 Å². The van der Waals surface area contributed by atoms with Gasteiger partial charge in [-0.15, -0.1) is 0 Å². The summed E-state index contributed by atoms with van der Waals surface area (Å²) in [6.07, 6.45) is 0.815. The molecule has 0 aliphatic carbocycles. The number of hydrogen-bond acceptors (Lipinski definition) is 3. The highest BCUT2D eigenvalue weighted by Crippen LogP contribution is 2.13. The normalized spacial score (nSPS) is 10.4. The number of benzene rings is 1. The average Bonchev–Trinajstić information content (AvgIpc) is 2.12. The van der Waals surface area contributed by atoms with Gasteiger partial charge in [0.25, 0.3) is 5.91 Å². The molecule has 2 N–H and O–H groups in total. The first-order chi connectivity index (χ1) is 6.63. The lowest BCUT2D eigenvalue weighted by molar-refractivity contribution is -0.110. The van der Waals surface area contributed by atoms with Gasteiger partial charge in [-0.05, 0) is 37.1 Å². The van der Waals surface area contributed by atoms with E-state index in [-0.39, 0.29) is 0 Å². The van der Waals surface area contributed by atoms with Crippen LogP contribution in [0.25, 0.3) is 0 Å². The molecular formula is C10H12N2O2. The molecule has 0 unspecified atom stereocenters. The first-order valence-corrected chi connectivity index (χ1v) is 4.19. The van der Waals surface area contributed by atoms with Crippen LogP contribution in [0.4, 0.5) is 5.69 Å². The Morgan fingerprint density at radius 2 is 2.14 bits per heavy atom. The molecule has 1 amide bonds. The molecule has 0 atom stereocenters. The molecule has 0 saturated carbocycles. The zero-order valence-electron chi connectivity index (χ0n) is 8.11. The first kappa shape index (κ1) is 10.2. The van der Waals surface area contributed by atoms with Crippen molar-refractivity contribution in [3.05, 3.63) is 29.3 Å². The lowest BCUT2D eigenvalue weighted by Crippen LogP contribution is -2.12. The Hall–Kier alpha value is -1.84. The summed E-state index contributed by atoms with van der Waals surface area (Å²) in [5.74, 6) is -0.448. The third-order valence-corrected chi connectivity index (χ3v) is 1.95. The molecule has 74 valence electrons. The fourth-order valence-electron chi connectivity index (χ4n) is 1.05.